The van der Waals surface area contributed by atoms with Crippen LogP contribution in [0.1, 0.15) is 16.2 Å². The fourth-order valence-corrected chi connectivity index (χ4v) is 3.43. The van der Waals surface area contributed by atoms with Gasteiger partial charge in [0.1, 0.15) is 5.82 Å². The topological polar surface area (TPSA) is 64.0 Å². The normalized spacial score (nSPS) is 10.9. The maximum atomic E-state index is 12.9. The Labute approximate surface area is 176 Å². The van der Waals surface area contributed by atoms with E-state index in [1.165, 1.54) is 4.57 Å². The van der Waals surface area contributed by atoms with Crippen LogP contribution in [0, 0.1) is 6.92 Å². The lowest BCUT2D eigenvalue weighted by Gasteiger charge is -2.12. The summed E-state index contributed by atoms with van der Waals surface area (Å²) in [5, 5.41) is 4.14. The molecule has 5 nitrogen and oxygen atoms in total. The summed E-state index contributed by atoms with van der Waals surface area (Å²) < 4.78 is 1.53. The molecule has 1 aromatic heterocycles. The van der Waals surface area contributed by atoms with E-state index in [9.17, 15) is 9.59 Å². The lowest BCUT2D eigenvalue weighted by atomic mass is 10.1. The highest BCUT2D eigenvalue weighted by Gasteiger charge is 2.12. The van der Waals surface area contributed by atoms with Crippen LogP contribution in [0.2, 0.25) is 10.0 Å². The third kappa shape index (κ3) is 3.75. The fraction of sp³-hybridized carbons (Fsp3) is 0.0455. The van der Waals surface area contributed by atoms with Crippen LogP contribution in [-0.2, 0) is 0 Å². The van der Waals surface area contributed by atoms with Crippen molar-refractivity contribution in [1.29, 1.82) is 0 Å². The van der Waals surface area contributed by atoms with E-state index in [0.29, 0.717) is 43.7 Å². The number of halogens is 2. The van der Waals surface area contributed by atoms with Crippen LogP contribution in [-0.4, -0.2) is 15.5 Å². The molecule has 1 amide bonds. The van der Waals surface area contributed by atoms with Crippen LogP contribution in [0.5, 0.6) is 0 Å². The summed E-state index contributed by atoms with van der Waals surface area (Å²) in [4.78, 5) is 29.9. The van der Waals surface area contributed by atoms with Crippen LogP contribution < -0.4 is 10.9 Å². The Morgan fingerprint density at radius 3 is 2.48 bits per heavy atom. The Balaban J connectivity index is 1.66. The number of hydrogen-bond donors (Lipinski definition) is 1. The molecule has 0 aliphatic heterocycles. The Morgan fingerprint density at radius 2 is 1.72 bits per heavy atom. The molecule has 1 heterocycles. The number of nitrogens with one attached hydrogen (secondary N) is 1. The van der Waals surface area contributed by atoms with Crippen molar-refractivity contribution < 1.29 is 4.79 Å². The molecule has 0 spiro atoms. The predicted molar refractivity (Wildman–Crippen MR) is 116 cm³/mol. The number of aryl methyl sites for hydroxylation is 1. The van der Waals surface area contributed by atoms with E-state index in [1.54, 1.807) is 61.5 Å². The van der Waals surface area contributed by atoms with Crippen molar-refractivity contribution >= 4 is 45.7 Å². The largest absolute Gasteiger partial charge is 0.321 e. The first-order chi connectivity index (χ1) is 13.9. The molecule has 1 N–H and O–H groups in total. The summed E-state index contributed by atoms with van der Waals surface area (Å²) in [6.45, 7) is 1.77. The number of rotatable bonds is 3. The van der Waals surface area contributed by atoms with Gasteiger partial charge in [-0.1, -0.05) is 35.3 Å². The molecule has 3 aromatic carbocycles. The highest BCUT2D eigenvalue weighted by atomic mass is 35.5. The van der Waals surface area contributed by atoms with Crippen LogP contribution in [0.25, 0.3) is 16.6 Å². The molecule has 0 saturated heterocycles. The molecule has 0 aliphatic rings. The molecule has 144 valence electrons. The molecule has 0 aliphatic carbocycles. The minimum Gasteiger partial charge on any atom is -0.321 e. The van der Waals surface area contributed by atoms with Crippen molar-refractivity contribution in [1.82, 2.24) is 9.55 Å². The van der Waals surface area contributed by atoms with Crippen molar-refractivity contribution in [3.05, 3.63) is 98.5 Å². The first kappa shape index (κ1) is 19.2. The molecular formula is C22H15Cl2N3O2. The molecule has 4 aromatic rings. The van der Waals surface area contributed by atoms with Gasteiger partial charge in [0, 0.05) is 10.6 Å². The molecule has 7 heteroatoms. The van der Waals surface area contributed by atoms with E-state index < -0.39 is 0 Å². The summed E-state index contributed by atoms with van der Waals surface area (Å²) in [6, 6.07) is 18.8. The van der Waals surface area contributed by atoms with Crippen molar-refractivity contribution in [2.45, 2.75) is 6.92 Å². The van der Waals surface area contributed by atoms with Crippen LogP contribution >= 0.6 is 23.2 Å². The smallest absolute Gasteiger partial charge is 0.265 e. The predicted octanol–water partition coefficient (Wildman–Crippen LogP) is 5.25. The minimum absolute atomic E-state index is 0.156. The van der Waals surface area contributed by atoms with Crippen molar-refractivity contribution in [3.8, 4) is 5.69 Å². The van der Waals surface area contributed by atoms with Gasteiger partial charge in [-0.3, -0.25) is 14.2 Å². The third-order valence-corrected chi connectivity index (χ3v) is 5.07. The number of amides is 1. The van der Waals surface area contributed by atoms with Gasteiger partial charge < -0.3 is 5.32 Å². The number of hydrogen-bond acceptors (Lipinski definition) is 3. The van der Waals surface area contributed by atoms with E-state index >= 15 is 0 Å². The molecule has 4 rings (SSSR count). The Hall–Kier alpha value is -3.15. The summed E-state index contributed by atoms with van der Waals surface area (Å²) in [5.74, 6) is 0.234. The van der Waals surface area contributed by atoms with Crippen LogP contribution in [0.3, 0.4) is 0 Å². The van der Waals surface area contributed by atoms with Gasteiger partial charge in [0.15, 0.2) is 0 Å². The lowest BCUT2D eigenvalue weighted by Crippen LogP contribution is -2.22. The molecule has 0 saturated carbocycles. The number of carbonyl (C=O) groups is 1. The summed E-state index contributed by atoms with van der Waals surface area (Å²) in [7, 11) is 0. The molecule has 0 atom stereocenters. The van der Waals surface area contributed by atoms with E-state index in [-0.39, 0.29) is 11.5 Å². The van der Waals surface area contributed by atoms with E-state index in [2.05, 4.69) is 10.3 Å². The number of para-hydroxylation sites is 1. The summed E-state index contributed by atoms with van der Waals surface area (Å²) >= 11 is 12.1. The monoisotopic (exact) mass is 423 g/mol. The maximum Gasteiger partial charge on any atom is 0.265 e. The van der Waals surface area contributed by atoms with E-state index in [0.717, 1.165) is 0 Å². The number of nitrogens with zero attached hydrogens (tertiary/aromatic N) is 2. The van der Waals surface area contributed by atoms with Gasteiger partial charge in [0.2, 0.25) is 0 Å². The zero-order chi connectivity index (χ0) is 20.5. The van der Waals surface area contributed by atoms with Crippen LogP contribution in [0.15, 0.2) is 71.5 Å². The average molecular weight is 424 g/mol. The van der Waals surface area contributed by atoms with Crippen molar-refractivity contribution in [2.24, 2.45) is 0 Å². The fourth-order valence-electron chi connectivity index (χ4n) is 3.10. The molecule has 0 fully saturated rings. The lowest BCUT2D eigenvalue weighted by molar-refractivity contribution is 0.102. The maximum absolute atomic E-state index is 12.9. The van der Waals surface area contributed by atoms with Gasteiger partial charge in [-0.15, -0.1) is 0 Å². The van der Waals surface area contributed by atoms with Gasteiger partial charge in [-0.2, -0.15) is 0 Å². The van der Waals surface area contributed by atoms with Gasteiger partial charge in [0.05, 0.1) is 27.3 Å². The molecule has 0 unspecified atom stereocenters. The highest BCUT2D eigenvalue weighted by molar-refractivity contribution is 6.35. The Morgan fingerprint density at radius 1 is 1.00 bits per heavy atom. The van der Waals surface area contributed by atoms with Gasteiger partial charge in [0.25, 0.3) is 11.5 Å². The first-order valence-electron chi connectivity index (χ1n) is 8.79. The second kappa shape index (κ2) is 7.70. The first-order valence-corrected chi connectivity index (χ1v) is 9.55. The average Bonchev–Trinajstić information content (AvgIpc) is 2.71. The van der Waals surface area contributed by atoms with Crippen molar-refractivity contribution in [2.75, 3.05) is 5.32 Å². The number of carbonyl (C=O) groups excluding carboxylic acids is 1. The zero-order valence-electron chi connectivity index (χ0n) is 15.3. The van der Waals surface area contributed by atoms with E-state index in [1.807, 2.05) is 12.1 Å². The molecular weight excluding hydrogens is 409 g/mol. The molecule has 29 heavy (non-hydrogen) atoms. The van der Waals surface area contributed by atoms with Gasteiger partial charge in [-0.25, -0.2) is 4.98 Å². The van der Waals surface area contributed by atoms with Crippen LogP contribution in [0.4, 0.5) is 5.69 Å². The number of aromatic nitrogens is 2. The summed E-state index contributed by atoms with van der Waals surface area (Å²) in [5.41, 5.74) is 1.98. The second-order valence-electron chi connectivity index (χ2n) is 6.44. The van der Waals surface area contributed by atoms with Gasteiger partial charge in [-0.05, 0) is 61.5 Å². The molecule has 0 radical (unpaired) electrons. The number of benzene rings is 3. The third-order valence-electron chi connectivity index (χ3n) is 4.51. The quantitative estimate of drug-likeness (QED) is 0.489. The Bertz CT molecular complexity index is 1300. The minimum atomic E-state index is -0.332. The number of anilines is 1. The molecule has 0 bridgehead atoms. The Kier molecular flexibility index (Phi) is 5.09. The van der Waals surface area contributed by atoms with Gasteiger partial charge >= 0.3 is 0 Å². The van der Waals surface area contributed by atoms with Crippen molar-refractivity contribution in [3.63, 3.8) is 0 Å². The zero-order valence-corrected chi connectivity index (χ0v) is 16.8. The standard InChI is InChI=1S/C22H15Cl2N3O2/c1-13-25-19-5-3-2-4-17(19)22(29)27(13)16-9-6-14(7-10-16)21(28)26-20-12-15(23)8-11-18(20)24/h2-12H,1H3,(H,26,28). The SMILES string of the molecule is Cc1nc2ccccc2c(=O)n1-c1ccc(C(=O)Nc2cc(Cl)ccc2Cl)cc1. The second-order valence-corrected chi connectivity index (χ2v) is 7.29. The summed E-state index contributed by atoms with van der Waals surface area (Å²) in [6.07, 6.45) is 0. The van der Waals surface area contributed by atoms with E-state index in [4.69, 9.17) is 23.2 Å². The number of fused-ring (bicyclic) bond motifs is 1. The highest BCUT2D eigenvalue weighted by Crippen LogP contribution is 2.26.